The SMILES string of the molecule is O=C(OCc1ccoc1)N1CCc2c(ncnc2NCC23CC4CC(CC(C4)C2)C3)C1. The van der Waals surface area contributed by atoms with E-state index in [1.165, 1.54) is 38.5 Å². The number of hydrogen-bond donors (Lipinski definition) is 1. The van der Waals surface area contributed by atoms with Crippen LogP contribution < -0.4 is 5.32 Å². The summed E-state index contributed by atoms with van der Waals surface area (Å²) in [5, 5.41) is 3.72. The molecule has 4 aliphatic carbocycles. The molecular weight excluding hydrogens is 392 g/mol. The highest BCUT2D eigenvalue weighted by atomic mass is 16.6. The van der Waals surface area contributed by atoms with Crippen LogP contribution in [0.25, 0.3) is 0 Å². The lowest BCUT2D eigenvalue weighted by molar-refractivity contribution is -0.0444. The quantitative estimate of drug-likeness (QED) is 0.770. The van der Waals surface area contributed by atoms with Gasteiger partial charge in [-0.2, -0.15) is 0 Å². The van der Waals surface area contributed by atoms with Crippen LogP contribution in [0.3, 0.4) is 0 Å². The number of aromatic nitrogens is 2. The molecule has 5 aliphatic rings. The fraction of sp³-hybridized carbons (Fsp3) is 0.625. The van der Waals surface area contributed by atoms with Gasteiger partial charge in [-0.15, -0.1) is 0 Å². The topological polar surface area (TPSA) is 80.5 Å². The van der Waals surface area contributed by atoms with Gasteiger partial charge in [-0.3, -0.25) is 0 Å². The smallest absolute Gasteiger partial charge is 0.410 e. The van der Waals surface area contributed by atoms with Gasteiger partial charge in [0.1, 0.15) is 18.8 Å². The molecule has 4 saturated carbocycles. The van der Waals surface area contributed by atoms with Gasteiger partial charge in [0, 0.05) is 24.2 Å². The van der Waals surface area contributed by atoms with Gasteiger partial charge in [-0.25, -0.2) is 14.8 Å². The third kappa shape index (κ3) is 3.68. The summed E-state index contributed by atoms with van der Waals surface area (Å²) >= 11 is 0. The van der Waals surface area contributed by atoms with Crippen molar-refractivity contribution in [1.82, 2.24) is 14.9 Å². The first-order valence-corrected chi connectivity index (χ1v) is 11.7. The Morgan fingerprint density at radius 1 is 1.19 bits per heavy atom. The summed E-state index contributed by atoms with van der Waals surface area (Å²) in [5.74, 6) is 3.82. The molecular formula is C24H30N4O3. The van der Waals surface area contributed by atoms with Gasteiger partial charge in [-0.05, 0) is 74.2 Å². The van der Waals surface area contributed by atoms with E-state index in [2.05, 4.69) is 15.3 Å². The Kier molecular flexibility index (Phi) is 4.65. The maximum Gasteiger partial charge on any atom is 0.410 e. The molecule has 1 N–H and O–H groups in total. The Hall–Kier alpha value is -2.57. The monoisotopic (exact) mass is 422 g/mol. The van der Waals surface area contributed by atoms with E-state index in [0.717, 1.165) is 53.4 Å². The van der Waals surface area contributed by atoms with Crippen molar-refractivity contribution in [1.29, 1.82) is 0 Å². The van der Waals surface area contributed by atoms with Crippen molar-refractivity contribution in [2.75, 3.05) is 18.4 Å². The molecule has 0 unspecified atom stereocenters. The van der Waals surface area contributed by atoms with E-state index < -0.39 is 0 Å². The number of rotatable bonds is 5. The number of ether oxygens (including phenoxy) is 1. The standard InChI is InChI=1S/C24H30N4O3/c29-23(31-13-16-2-4-30-12-16)28-3-1-20-21(11-28)26-15-27-22(20)25-14-24-8-17-5-18(9-24)7-19(6-17)10-24/h2,4,12,15,17-19H,1,3,5-11,13-14H2,(H,25,26,27). The molecule has 0 saturated heterocycles. The minimum Gasteiger partial charge on any atom is -0.472 e. The summed E-state index contributed by atoms with van der Waals surface area (Å²) < 4.78 is 10.4. The lowest BCUT2D eigenvalue weighted by Crippen LogP contribution is -2.49. The highest BCUT2D eigenvalue weighted by molar-refractivity contribution is 5.68. The number of nitrogens with zero attached hydrogens (tertiary/aromatic N) is 3. The number of hydrogen-bond acceptors (Lipinski definition) is 6. The Balaban J connectivity index is 1.10. The number of amides is 1. The largest absolute Gasteiger partial charge is 0.472 e. The van der Waals surface area contributed by atoms with E-state index in [9.17, 15) is 4.79 Å². The highest BCUT2D eigenvalue weighted by Crippen LogP contribution is 2.59. The van der Waals surface area contributed by atoms with Crippen molar-refractivity contribution in [3.63, 3.8) is 0 Å². The average Bonchev–Trinajstić information content (AvgIpc) is 3.28. The molecule has 164 valence electrons. The van der Waals surface area contributed by atoms with Crippen LogP contribution in [0.15, 0.2) is 29.3 Å². The lowest BCUT2D eigenvalue weighted by atomic mass is 9.49. The van der Waals surface area contributed by atoms with Gasteiger partial charge in [0.05, 0.1) is 24.8 Å². The molecule has 0 spiro atoms. The summed E-state index contributed by atoms with van der Waals surface area (Å²) in [7, 11) is 0. The number of carbonyl (C=O) groups is 1. The number of anilines is 1. The van der Waals surface area contributed by atoms with Crippen molar-refractivity contribution >= 4 is 11.9 Å². The molecule has 0 radical (unpaired) electrons. The van der Waals surface area contributed by atoms with Crippen LogP contribution in [0.1, 0.15) is 55.3 Å². The molecule has 3 heterocycles. The molecule has 0 atom stereocenters. The van der Waals surface area contributed by atoms with Crippen molar-refractivity contribution in [2.24, 2.45) is 23.2 Å². The average molecular weight is 423 g/mol. The Labute approximate surface area is 182 Å². The Morgan fingerprint density at radius 2 is 1.97 bits per heavy atom. The van der Waals surface area contributed by atoms with E-state index in [0.29, 0.717) is 18.5 Å². The van der Waals surface area contributed by atoms with Gasteiger partial charge in [0.15, 0.2) is 0 Å². The predicted molar refractivity (Wildman–Crippen MR) is 114 cm³/mol. The predicted octanol–water partition coefficient (Wildman–Crippen LogP) is 4.39. The second kappa shape index (κ2) is 7.53. The molecule has 4 fully saturated rings. The van der Waals surface area contributed by atoms with E-state index >= 15 is 0 Å². The fourth-order valence-electron chi connectivity index (χ4n) is 7.05. The molecule has 31 heavy (non-hydrogen) atoms. The van der Waals surface area contributed by atoms with Crippen LogP contribution in [0.5, 0.6) is 0 Å². The van der Waals surface area contributed by atoms with Crippen molar-refractivity contribution < 1.29 is 13.9 Å². The maximum atomic E-state index is 12.5. The molecule has 0 aromatic carbocycles. The van der Waals surface area contributed by atoms with Gasteiger partial charge in [0.25, 0.3) is 0 Å². The van der Waals surface area contributed by atoms with Gasteiger partial charge < -0.3 is 19.4 Å². The van der Waals surface area contributed by atoms with Crippen LogP contribution in [0.4, 0.5) is 10.6 Å². The van der Waals surface area contributed by atoms with Gasteiger partial charge in [0.2, 0.25) is 0 Å². The second-order valence-corrected chi connectivity index (χ2v) is 10.3. The number of nitrogens with one attached hydrogen (secondary N) is 1. The van der Waals surface area contributed by atoms with E-state index in [-0.39, 0.29) is 12.7 Å². The molecule has 4 bridgehead atoms. The van der Waals surface area contributed by atoms with E-state index in [1.54, 1.807) is 29.8 Å². The molecule has 1 aliphatic heterocycles. The van der Waals surface area contributed by atoms with Crippen LogP contribution >= 0.6 is 0 Å². The first-order chi connectivity index (χ1) is 15.2. The van der Waals surface area contributed by atoms with E-state index in [4.69, 9.17) is 9.15 Å². The summed E-state index contributed by atoms with van der Waals surface area (Å²) in [6, 6.07) is 1.80. The molecule has 7 nitrogen and oxygen atoms in total. The second-order valence-electron chi connectivity index (χ2n) is 10.3. The van der Waals surface area contributed by atoms with Gasteiger partial charge >= 0.3 is 6.09 Å². The minimum absolute atomic E-state index is 0.223. The number of fused-ring (bicyclic) bond motifs is 1. The molecule has 2 aromatic rings. The third-order valence-corrected chi connectivity index (χ3v) is 8.00. The highest BCUT2D eigenvalue weighted by Gasteiger charge is 2.50. The zero-order valence-electron chi connectivity index (χ0n) is 17.9. The van der Waals surface area contributed by atoms with Gasteiger partial charge in [-0.1, -0.05) is 0 Å². The number of furan rings is 1. The zero-order valence-corrected chi connectivity index (χ0v) is 17.9. The minimum atomic E-state index is -0.312. The van der Waals surface area contributed by atoms with Crippen LogP contribution in [-0.4, -0.2) is 34.1 Å². The third-order valence-electron chi connectivity index (χ3n) is 8.00. The van der Waals surface area contributed by atoms with Crippen molar-refractivity contribution in [3.8, 4) is 0 Å². The zero-order chi connectivity index (χ0) is 20.8. The summed E-state index contributed by atoms with van der Waals surface area (Å²) in [6.45, 7) is 2.33. The first kappa shape index (κ1) is 19.1. The maximum absolute atomic E-state index is 12.5. The normalized spacial score (nSPS) is 30.8. The summed E-state index contributed by atoms with van der Waals surface area (Å²) in [6.07, 6.45) is 13.8. The molecule has 1 amide bonds. The molecule has 2 aromatic heterocycles. The Morgan fingerprint density at radius 3 is 2.68 bits per heavy atom. The Bertz CT molecular complexity index is 922. The molecule has 7 heteroatoms. The van der Waals surface area contributed by atoms with Crippen molar-refractivity contribution in [3.05, 3.63) is 41.7 Å². The van der Waals surface area contributed by atoms with E-state index in [1.807, 2.05) is 0 Å². The van der Waals surface area contributed by atoms with Crippen molar-refractivity contribution in [2.45, 2.75) is 58.1 Å². The summed E-state index contributed by atoms with van der Waals surface area (Å²) in [5.41, 5.74) is 3.40. The molecule has 7 rings (SSSR count). The van der Waals surface area contributed by atoms with Crippen LogP contribution in [-0.2, 0) is 24.3 Å². The number of carbonyl (C=O) groups excluding carboxylic acids is 1. The first-order valence-electron chi connectivity index (χ1n) is 11.7. The van der Waals surface area contributed by atoms with Crippen LogP contribution in [0, 0.1) is 23.2 Å². The fourth-order valence-corrected chi connectivity index (χ4v) is 7.05. The lowest BCUT2D eigenvalue weighted by Gasteiger charge is -2.57. The van der Waals surface area contributed by atoms with Crippen LogP contribution in [0.2, 0.25) is 0 Å². The summed E-state index contributed by atoms with van der Waals surface area (Å²) in [4.78, 5) is 23.3.